The third-order valence-corrected chi connectivity index (χ3v) is 5.26. The van der Waals surface area contributed by atoms with Crippen LogP contribution in [0.15, 0.2) is 0 Å². The van der Waals surface area contributed by atoms with Gasteiger partial charge in [0, 0.05) is 0 Å². The zero-order valence-electron chi connectivity index (χ0n) is 10.8. The molecule has 0 heteroatoms. The summed E-state index contributed by atoms with van der Waals surface area (Å²) in [5.41, 5.74) is 0.665. The van der Waals surface area contributed by atoms with Crippen LogP contribution in [0.2, 0.25) is 0 Å². The Labute approximate surface area is 95.8 Å². The van der Waals surface area contributed by atoms with E-state index in [-0.39, 0.29) is 0 Å². The van der Waals surface area contributed by atoms with E-state index in [1.54, 1.807) is 0 Å². The van der Waals surface area contributed by atoms with Gasteiger partial charge in [0.25, 0.3) is 0 Å². The predicted molar refractivity (Wildman–Crippen MR) is 66.5 cm³/mol. The highest BCUT2D eigenvalue weighted by molar-refractivity contribution is 4.98. The molecular formula is C15H27. The molecule has 0 bridgehead atoms. The Hall–Kier alpha value is 0. The van der Waals surface area contributed by atoms with Gasteiger partial charge in [-0.15, -0.1) is 0 Å². The van der Waals surface area contributed by atoms with Crippen LogP contribution < -0.4 is 0 Å². The Morgan fingerprint density at radius 3 is 2.67 bits per heavy atom. The molecule has 2 aliphatic carbocycles. The molecule has 0 heterocycles. The van der Waals surface area contributed by atoms with Crippen molar-refractivity contribution in [3.05, 3.63) is 6.42 Å². The molecular weight excluding hydrogens is 180 g/mol. The summed E-state index contributed by atoms with van der Waals surface area (Å²) in [5.74, 6) is 2.83. The van der Waals surface area contributed by atoms with Gasteiger partial charge >= 0.3 is 0 Å². The highest BCUT2D eigenvalue weighted by Crippen LogP contribution is 2.52. The second-order valence-electron chi connectivity index (χ2n) is 6.27. The molecule has 87 valence electrons. The van der Waals surface area contributed by atoms with Crippen LogP contribution in [0.4, 0.5) is 0 Å². The van der Waals surface area contributed by atoms with Crippen LogP contribution in [0, 0.1) is 29.6 Å². The maximum Gasteiger partial charge on any atom is -0.0297 e. The molecule has 0 aliphatic heterocycles. The van der Waals surface area contributed by atoms with Crippen molar-refractivity contribution in [1.82, 2.24) is 0 Å². The minimum absolute atomic E-state index is 0.665. The summed E-state index contributed by atoms with van der Waals surface area (Å²) in [6.45, 7) is 7.34. The summed E-state index contributed by atoms with van der Waals surface area (Å²) in [6, 6.07) is 0. The fourth-order valence-electron chi connectivity index (χ4n) is 4.05. The van der Waals surface area contributed by atoms with E-state index in [9.17, 15) is 0 Å². The van der Waals surface area contributed by atoms with Gasteiger partial charge in [-0.1, -0.05) is 46.5 Å². The fourth-order valence-corrected chi connectivity index (χ4v) is 4.05. The number of rotatable bonds is 2. The maximum atomic E-state index is 2.69. The Morgan fingerprint density at radius 2 is 2.00 bits per heavy atom. The third kappa shape index (κ3) is 2.24. The summed E-state index contributed by atoms with van der Waals surface area (Å²) in [4.78, 5) is 0. The highest BCUT2D eigenvalue weighted by Gasteiger charge is 2.42. The number of hydrogen-bond acceptors (Lipinski definition) is 0. The van der Waals surface area contributed by atoms with Crippen LogP contribution in [0.1, 0.15) is 65.7 Å². The van der Waals surface area contributed by atoms with Gasteiger partial charge in [0.2, 0.25) is 0 Å². The lowest BCUT2D eigenvalue weighted by atomic mass is 9.66. The second kappa shape index (κ2) is 4.47. The summed E-state index contributed by atoms with van der Waals surface area (Å²) < 4.78 is 0. The second-order valence-corrected chi connectivity index (χ2v) is 6.27. The van der Waals surface area contributed by atoms with Crippen molar-refractivity contribution < 1.29 is 0 Å². The van der Waals surface area contributed by atoms with Gasteiger partial charge in [0.15, 0.2) is 0 Å². The maximum absolute atomic E-state index is 2.69. The normalized spacial score (nSPS) is 47.0. The lowest BCUT2D eigenvalue weighted by molar-refractivity contribution is 0.138. The van der Waals surface area contributed by atoms with E-state index < -0.39 is 0 Å². The quantitative estimate of drug-likeness (QED) is 0.607. The van der Waals surface area contributed by atoms with E-state index in [4.69, 9.17) is 0 Å². The van der Waals surface area contributed by atoms with E-state index in [1.807, 2.05) is 0 Å². The molecule has 0 nitrogen and oxygen atoms in total. The van der Waals surface area contributed by atoms with Gasteiger partial charge in [-0.3, -0.25) is 0 Å². The van der Waals surface area contributed by atoms with Crippen molar-refractivity contribution >= 4 is 0 Å². The van der Waals surface area contributed by atoms with Crippen LogP contribution in [0.3, 0.4) is 0 Å². The highest BCUT2D eigenvalue weighted by atomic mass is 14.5. The topological polar surface area (TPSA) is 0 Å². The summed E-state index contributed by atoms with van der Waals surface area (Å²) in [6.07, 6.45) is 12.9. The van der Waals surface area contributed by atoms with Crippen molar-refractivity contribution in [3.8, 4) is 0 Å². The molecule has 0 aromatic carbocycles. The fraction of sp³-hybridized carbons (Fsp3) is 0.933. The lowest BCUT2D eigenvalue weighted by Gasteiger charge is -2.39. The zero-order valence-corrected chi connectivity index (χ0v) is 10.8. The monoisotopic (exact) mass is 207 g/mol. The van der Waals surface area contributed by atoms with Crippen molar-refractivity contribution in [3.63, 3.8) is 0 Å². The van der Waals surface area contributed by atoms with Gasteiger partial charge in [0.1, 0.15) is 0 Å². The van der Waals surface area contributed by atoms with Crippen LogP contribution in [0.25, 0.3) is 0 Å². The molecule has 2 fully saturated rings. The van der Waals surface area contributed by atoms with E-state index in [0.717, 1.165) is 17.8 Å². The molecule has 15 heavy (non-hydrogen) atoms. The molecule has 4 atom stereocenters. The first kappa shape index (κ1) is 11.5. The van der Waals surface area contributed by atoms with Crippen molar-refractivity contribution in [2.75, 3.05) is 0 Å². The molecule has 2 saturated carbocycles. The van der Waals surface area contributed by atoms with Gasteiger partial charge in [-0.2, -0.15) is 0 Å². The largest absolute Gasteiger partial charge is 0.0649 e. The zero-order chi connectivity index (χ0) is 10.9. The molecule has 2 aliphatic rings. The van der Waals surface area contributed by atoms with E-state index in [2.05, 4.69) is 27.2 Å². The number of hydrogen-bond donors (Lipinski definition) is 0. The summed E-state index contributed by atoms with van der Waals surface area (Å²) >= 11 is 0. The SMILES string of the molecule is CC[C@]1(C)CCC[C@H]1[C@H]1[CH][C@H](C)CCC1. The first-order valence-electron chi connectivity index (χ1n) is 7.00. The van der Waals surface area contributed by atoms with Crippen molar-refractivity contribution in [2.45, 2.75) is 65.7 Å². The first-order chi connectivity index (χ1) is 7.15. The van der Waals surface area contributed by atoms with Gasteiger partial charge in [-0.25, -0.2) is 0 Å². The summed E-state index contributed by atoms with van der Waals surface area (Å²) in [5, 5.41) is 0. The van der Waals surface area contributed by atoms with Gasteiger partial charge < -0.3 is 0 Å². The van der Waals surface area contributed by atoms with Crippen molar-refractivity contribution in [2.24, 2.45) is 23.2 Å². The summed E-state index contributed by atoms with van der Waals surface area (Å²) in [7, 11) is 0. The smallest absolute Gasteiger partial charge is 0.0297 e. The Balaban J connectivity index is 2.02. The Bertz CT molecular complexity index is 208. The molecule has 0 amide bonds. The molecule has 0 aromatic rings. The third-order valence-electron chi connectivity index (χ3n) is 5.26. The standard InChI is InChI=1S/C15H27/c1-4-15(3)10-6-9-14(15)13-8-5-7-12(2)11-13/h11-14H,4-10H2,1-3H3/t12-,13-,14+,15-/m1/s1. The Kier molecular flexibility index (Phi) is 3.42. The Morgan fingerprint density at radius 1 is 1.20 bits per heavy atom. The van der Waals surface area contributed by atoms with Crippen LogP contribution in [-0.4, -0.2) is 0 Å². The minimum Gasteiger partial charge on any atom is -0.0649 e. The van der Waals surface area contributed by atoms with Crippen LogP contribution in [0.5, 0.6) is 0 Å². The molecule has 0 aromatic heterocycles. The molecule has 0 saturated heterocycles. The van der Waals surface area contributed by atoms with E-state index >= 15 is 0 Å². The van der Waals surface area contributed by atoms with E-state index in [0.29, 0.717) is 5.41 Å². The molecule has 0 unspecified atom stereocenters. The van der Waals surface area contributed by atoms with Crippen LogP contribution >= 0.6 is 0 Å². The van der Waals surface area contributed by atoms with Gasteiger partial charge in [-0.05, 0) is 48.9 Å². The van der Waals surface area contributed by atoms with Crippen molar-refractivity contribution in [1.29, 1.82) is 0 Å². The van der Waals surface area contributed by atoms with E-state index in [1.165, 1.54) is 44.9 Å². The molecule has 0 N–H and O–H groups in total. The average Bonchev–Trinajstić information content (AvgIpc) is 2.61. The molecule has 0 spiro atoms. The minimum atomic E-state index is 0.665. The average molecular weight is 207 g/mol. The predicted octanol–water partition coefficient (Wildman–Crippen LogP) is 4.84. The van der Waals surface area contributed by atoms with Crippen LogP contribution in [-0.2, 0) is 0 Å². The molecule has 2 rings (SSSR count). The lowest BCUT2D eigenvalue weighted by Crippen LogP contribution is -2.31. The molecule has 1 radical (unpaired) electrons. The van der Waals surface area contributed by atoms with Gasteiger partial charge in [0.05, 0.1) is 0 Å². The first-order valence-corrected chi connectivity index (χ1v) is 7.00.